The molecule has 0 bridgehead atoms. The number of esters is 3. The molecule has 0 aliphatic carbocycles. The molecule has 0 spiro atoms. The number of rotatable bonds is 43. The van der Waals surface area contributed by atoms with Crippen LogP contribution in [0.1, 0.15) is 201 Å². The van der Waals surface area contributed by atoms with Crippen LogP contribution in [0.15, 0.2) is 0 Å². The molecule has 0 aliphatic heterocycles. The number of phosphoric acid groups is 1. The van der Waals surface area contributed by atoms with E-state index in [9.17, 15) is 28.6 Å². The molecule has 0 aromatic heterocycles. The number of unbranched alkanes of at least 4 members (excludes halogenated alkanes) is 20. The first-order chi connectivity index (χ1) is 29.3. The summed E-state index contributed by atoms with van der Waals surface area (Å²) in [6, 6.07) is 0. The topological polar surface area (TPSA) is 177 Å². The summed E-state index contributed by atoms with van der Waals surface area (Å²) < 4.78 is 43.8. The molecule has 3 unspecified atom stereocenters. The summed E-state index contributed by atoms with van der Waals surface area (Å²) >= 11 is 0. The van der Waals surface area contributed by atoms with Gasteiger partial charge in [0.15, 0.2) is 6.10 Å². The van der Waals surface area contributed by atoms with Gasteiger partial charge in [-0.2, -0.15) is 0 Å². The zero-order chi connectivity index (χ0) is 45.5. The summed E-state index contributed by atoms with van der Waals surface area (Å²) in [6.07, 6.45) is 24.9. The molecule has 15 heteroatoms. The van der Waals surface area contributed by atoms with Crippen molar-refractivity contribution in [2.75, 3.05) is 46.7 Å². The van der Waals surface area contributed by atoms with Crippen LogP contribution in [0.3, 0.4) is 0 Å². The summed E-state index contributed by atoms with van der Waals surface area (Å²) in [5.41, 5.74) is -0.976. The zero-order valence-electron chi connectivity index (χ0n) is 38.8. The van der Waals surface area contributed by atoms with Gasteiger partial charge in [-0.15, -0.1) is 0 Å². The van der Waals surface area contributed by atoms with E-state index < -0.39 is 55.8 Å². The second-order valence-electron chi connectivity index (χ2n) is 16.7. The van der Waals surface area contributed by atoms with Crippen LogP contribution >= 0.6 is 7.82 Å². The Morgan fingerprint density at radius 2 is 1.16 bits per heavy atom. The fourth-order valence-corrected chi connectivity index (χ4v) is 7.59. The van der Waals surface area contributed by atoms with Gasteiger partial charge in [-0.25, -0.2) is 11.1 Å². The van der Waals surface area contributed by atoms with E-state index in [4.69, 9.17) is 34.6 Å². The van der Waals surface area contributed by atoms with Gasteiger partial charge in [0.2, 0.25) is 11.4 Å². The maximum Gasteiger partial charge on any atom is 0.472 e. The standard InChI is InChI=1S/C46H85N2O12P/c1-7-9-11-13-15-17-19-21-23-25-27-29-43(50)57-38-41(60-44(51)30-28-26-24-22-20-18-16-14-12-10-8-2)39-59-61(53,54)58-34-33-48-42(49)31-32-46(4,47-5)37-40(3)45(52)56-36-35-55-6/h40-41H,7-39H2,1-4,6H3,(H,48,49)(H,53,54)/t40?,41-,46?/m1/s1. The predicted octanol–water partition coefficient (Wildman–Crippen LogP) is 10.8. The molecule has 0 aromatic rings. The minimum Gasteiger partial charge on any atom is -0.463 e. The normalized spacial score (nSPS) is 14.2. The molecule has 14 nitrogen and oxygen atoms in total. The molecule has 0 rings (SSSR count). The van der Waals surface area contributed by atoms with Crippen LogP contribution in [-0.2, 0) is 51.7 Å². The highest BCUT2D eigenvalue weighted by Crippen LogP contribution is 2.43. The van der Waals surface area contributed by atoms with Crippen LogP contribution < -0.4 is 5.32 Å². The Labute approximate surface area is 369 Å². The van der Waals surface area contributed by atoms with E-state index in [0.29, 0.717) is 12.8 Å². The van der Waals surface area contributed by atoms with Gasteiger partial charge < -0.3 is 34.0 Å². The lowest BCUT2D eigenvalue weighted by Crippen LogP contribution is -2.32. The molecular weight excluding hydrogens is 803 g/mol. The van der Waals surface area contributed by atoms with Gasteiger partial charge in [0.1, 0.15) is 13.2 Å². The predicted molar refractivity (Wildman–Crippen MR) is 239 cm³/mol. The Kier molecular flexibility index (Phi) is 37.4. The molecule has 4 atom stereocenters. The lowest BCUT2D eigenvalue weighted by Gasteiger charge is -2.21. The summed E-state index contributed by atoms with van der Waals surface area (Å²) in [5.74, 6) is -2.33. The number of nitrogens with one attached hydrogen (secondary N) is 1. The van der Waals surface area contributed by atoms with E-state index in [1.165, 1.54) is 97.0 Å². The Balaban J connectivity index is 4.81. The van der Waals surface area contributed by atoms with Gasteiger partial charge in [0.05, 0.1) is 25.7 Å². The van der Waals surface area contributed by atoms with Crippen molar-refractivity contribution in [2.24, 2.45) is 5.92 Å². The van der Waals surface area contributed by atoms with Crippen LogP contribution in [0.2, 0.25) is 0 Å². The molecule has 356 valence electrons. The Hall–Kier alpha value is -2.56. The lowest BCUT2D eigenvalue weighted by atomic mass is 9.86. The third kappa shape index (κ3) is 36.6. The first kappa shape index (κ1) is 58.4. The average Bonchev–Trinajstić information content (AvgIpc) is 3.23. The quantitative estimate of drug-likeness (QED) is 0.0195. The monoisotopic (exact) mass is 889 g/mol. The Bertz CT molecular complexity index is 1230. The van der Waals surface area contributed by atoms with Crippen molar-refractivity contribution in [3.8, 4) is 0 Å². The van der Waals surface area contributed by atoms with E-state index in [0.717, 1.165) is 38.5 Å². The maximum absolute atomic E-state index is 12.7. The number of nitrogens with zero attached hydrogens (tertiary/aromatic N) is 1. The van der Waals surface area contributed by atoms with Gasteiger partial charge in [-0.1, -0.05) is 149 Å². The number of carbonyl (C=O) groups is 4. The number of hydrogen-bond donors (Lipinski definition) is 2. The van der Waals surface area contributed by atoms with E-state index in [2.05, 4.69) is 24.0 Å². The number of hydrogen-bond acceptors (Lipinski definition) is 11. The van der Waals surface area contributed by atoms with Crippen molar-refractivity contribution in [3.05, 3.63) is 11.4 Å². The van der Waals surface area contributed by atoms with Crippen LogP contribution in [0.25, 0.3) is 4.85 Å². The van der Waals surface area contributed by atoms with Crippen LogP contribution in [0.4, 0.5) is 0 Å². The summed E-state index contributed by atoms with van der Waals surface area (Å²) in [5, 5.41) is 2.59. The molecule has 0 fully saturated rings. The first-order valence-electron chi connectivity index (χ1n) is 23.6. The molecule has 0 saturated carbocycles. The molecule has 0 radical (unpaired) electrons. The van der Waals surface area contributed by atoms with Crippen molar-refractivity contribution in [2.45, 2.75) is 213 Å². The highest BCUT2D eigenvalue weighted by atomic mass is 31.2. The van der Waals surface area contributed by atoms with Gasteiger partial charge in [-0.05, 0) is 12.8 Å². The van der Waals surface area contributed by atoms with Crippen molar-refractivity contribution in [1.29, 1.82) is 0 Å². The van der Waals surface area contributed by atoms with E-state index in [1.54, 1.807) is 13.8 Å². The van der Waals surface area contributed by atoms with Crippen molar-refractivity contribution < 1.29 is 56.6 Å². The molecular formula is C46H85N2O12P. The largest absolute Gasteiger partial charge is 0.472 e. The minimum atomic E-state index is -4.64. The van der Waals surface area contributed by atoms with E-state index in [-0.39, 0.29) is 65.1 Å². The lowest BCUT2D eigenvalue weighted by molar-refractivity contribution is -0.161. The van der Waals surface area contributed by atoms with Gasteiger partial charge in [0.25, 0.3) is 0 Å². The van der Waals surface area contributed by atoms with Crippen LogP contribution in [0, 0.1) is 12.5 Å². The first-order valence-corrected chi connectivity index (χ1v) is 25.1. The average molecular weight is 889 g/mol. The molecule has 0 aliphatic rings. The highest BCUT2D eigenvalue weighted by Gasteiger charge is 2.36. The number of ether oxygens (including phenoxy) is 4. The number of amides is 1. The zero-order valence-corrected chi connectivity index (χ0v) is 39.7. The molecule has 0 saturated heterocycles. The number of phosphoric ester groups is 1. The molecule has 0 heterocycles. The molecule has 0 aromatic carbocycles. The SMILES string of the molecule is [C-]#[N+]C(C)(CCC(=O)NCCOP(=O)(O)OC[C@@H](COC(=O)CCCCCCCCCCCCC)OC(=O)CCCCCCCCCCCCC)CC(C)C(=O)OCCOC. The highest BCUT2D eigenvalue weighted by molar-refractivity contribution is 7.47. The Morgan fingerprint density at radius 1 is 0.672 bits per heavy atom. The number of methoxy groups -OCH3 is 1. The van der Waals surface area contributed by atoms with Crippen LogP contribution in [0.5, 0.6) is 0 Å². The second kappa shape index (κ2) is 39.1. The summed E-state index contributed by atoms with van der Waals surface area (Å²) in [6.45, 7) is 14.5. The minimum absolute atomic E-state index is 0.0121. The van der Waals surface area contributed by atoms with E-state index >= 15 is 0 Å². The van der Waals surface area contributed by atoms with E-state index in [1.807, 2.05) is 0 Å². The molecule has 61 heavy (non-hydrogen) atoms. The Morgan fingerprint density at radius 3 is 1.66 bits per heavy atom. The fraction of sp³-hybridized carbons (Fsp3) is 0.891. The summed E-state index contributed by atoms with van der Waals surface area (Å²) in [7, 11) is -3.14. The number of carbonyl (C=O) groups excluding carboxylic acids is 4. The van der Waals surface area contributed by atoms with Crippen LogP contribution in [-0.4, -0.2) is 87.0 Å². The second-order valence-corrected chi connectivity index (χ2v) is 18.1. The third-order valence-electron chi connectivity index (χ3n) is 10.6. The molecule has 1 amide bonds. The van der Waals surface area contributed by atoms with Crippen molar-refractivity contribution >= 4 is 31.6 Å². The van der Waals surface area contributed by atoms with Crippen molar-refractivity contribution in [1.82, 2.24) is 5.32 Å². The fourth-order valence-electron chi connectivity index (χ4n) is 6.84. The van der Waals surface area contributed by atoms with Crippen molar-refractivity contribution in [3.63, 3.8) is 0 Å². The van der Waals surface area contributed by atoms with Gasteiger partial charge >= 0.3 is 25.7 Å². The smallest absolute Gasteiger partial charge is 0.463 e. The summed E-state index contributed by atoms with van der Waals surface area (Å²) in [4.78, 5) is 64.0. The molecule has 2 N–H and O–H groups in total. The van der Waals surface area contributed by atoms with Gasteiger partial charge in [0, 0.05) is 52.7 Å². The maximum atomic E-state index is 12.7. The third-order valence-corrected chi connectivity index (χ3v) is 11.6. The van der Waals surface area contributed by atoms with Gasteiger partial charge in [-0.3, -0.25) is 28.2 Å².